The van der Waals surface area contributed by atoms with E-state index in [1.165, 1.54) is 33.8 Å². The highest BCUT2D eigenvalue weighted by Gasteiger charge is 2.07. The van der Waals surface area contributed by atoms with E-state index in [-0.39, 0.29) is 0 Å². The molecule has 0 aliphatic heterocycles. The lowest BCUT2D eigenvalue weighted by Gasteiger charge is -2.07. The Bertz CT molecular complexity index is 955. The van der Waals surface area contributed by atoms with Gasteiger partial charge >= 0.3 is 0 Å². The highest BCUT2D eigenvalue weighted by Crippen LogP contribution is 2.22. The van der Waals surface area contributed by atoms with Crippen molar-refractivity contribution in [2.45, 2.75) is 26.8 Å². The molecule has 4 N–H and O–H groups in total. The number of carbonyl (C=O) groups is 1. The van der Waals surface area contributed by atoms with Crippen molar-refractivity contribution in [3.8, 4) is 0 Å². The Kier molecular flexibility index (Phi) is 6.06. The molecule has 0 spiro atoms. The third kappa shape index (κ3) is 4.64. The van der Waals surface area contributed by atoms with Gasteiger partial charge in [-0.15, -0.1) is 0 Å². The maximum atomic E-state index is 11.2. The summed E-state index contributed by atoms with van der Waals surface area (Å²) in [6.45, 7) is 5.66. The molecule has 0 aliphatic carbocycles. The second-order valence-electron chi connectivity index (χ2n) is 6.70. The zero-order valence-corrected chi connectivity index (χ0v) is 15.7. The van der Waals surface area contributed by atoms with Crippen LogP contribution in [0.2, 0.25) is 0 Å². The van der Waals surface area contributed by atoms with E-state index < -0.39 is 5.91 Å². The molecule has 3 aromatic rings. The van der Waals surface area contributed by atoms with E-state index in [2.05, 4.69) is 41.5 Å². The number of hydrogen-bond acceptors (Lipinski definition) is 3. The van der Waals surface area contributed by atoms with E-state index >= 15 is 0 Å². The summed E-state index contributed by atoms with van der Waals surface area (Å²) in [7, 11) is 0. The summed E-state index contributed by atoms with van der Waals surface area (Å²) in [6.07, 6.45) is 2.35. The minimum Gasteiger partial charge on any atom is -0.358 e. The number of aryl methyl sites for hydroxylation is 1. The number of nitrogens with one attached hydrogen (secondary N) is 3. The first-order chi connectivity index (χ1) is 13.1. The van der Waals surface area contributed by atoms with Crippen molar-refractivity contribution in [2.24, 2.45) is 0 Å². The van der Waals surface area contributed by atoms with Crippen molar-refractivity contribution in [1.29, 1.82) is 0 Å². The molecule has 5 heteroatoms. The molecule has 0 bridgehead atoms. The van der Waals surface area contributed by atoms with E-state index in [1.54, 1.807) is 5.48 Å². The number of allylic oxidation sites excluding steroid dienone is 1. The largest absolute Gasteiger partial charge is 0.358 e. The van der Waals surface area contributed by atoms with Crippen LogP contribution in [0.1, 0.15) is 29.3 Å². The van der Waals surface area contributed by atoms with Gasteiger partial charge in [-0.05, 0) is 55.1 Å². The summed E-state index contributed by atoms with van der Waals surface area (Å²) in [5.41, 5.74) is 8.35. The average molecular weight is 363 g/mol. The number of hydrogen-bond donors (Lipinski definition) is 4. The van der Waals surface area contributed by atoms with E-state index in [0.29, 0.717) is 0 Å². The molecule has 1 heterocycles. The lowest BCUT2D eigenvalue weighted by molar-refractivity contribution is -0.124. The van der Waals surface area contributed by atoms with Crippen molar-refractivity contribution in [3.05, 3.63) is 77.0 Å². The van der Waals surface area contributed by atoms with Gasteiger partial charge in [-0.2, -0.15) is 0 Å². The van der Waals surface area contributed by atoms with Crippen LogP contribution in [0.5, 0.6) is 0 Å². The van der Waals surface area contributed by atoms with Crippen LogP contribution in [0.4, 0.5) is 0 Å². The molecule has 27 heavy (non-hydrogen) atoms. The number of hydroxylamine groups is 1. The van der Waals surface area contributed by atoms with Crippen molar-refractivity contribution in [1.82, 2.24) is 15.8 Å². The molecule has 0 saturated heterocycles. The van der Waals surface area contributed by atoms with Crippen LogP contribution in [0.3, 0.4) is 0 Å². The standard InChI is InChI=1S/C22H25N3O2/c1-15(13-22(26)25-27)18-9-7-17(8-10-18)14-23-12-11-19-16(2)24-21-6-4-3-5-20(19)21/h3-10,13,23-24,27H,11-12,14H2,1-2H3,(H,25,26)/b15-13+. The van der Waals surface area contributed by atoms with Gasteiger partial charge in [0.2, 0.25) is 0 Å². The van der Waals surface area contributed by atoms with E-state index in [9.17, 15) is 4.79 Å². The van der Waals surface area contributed by atoms with E-state index in [0.717, 1.165) is 30.6 Å². The van der Waals surface area contributed by atoms with Gasteiger partial charge in [-0.3, -0.25) is 10.0 Å². The van der Waals surface area contributed by atoms with Crippen molar-refractivity contribution in [2.75, 3.05) is 6.54 Å². The number of para-hydroxylation sites is 1. The summed E-state index contributed by atoms with van der Waals surface area (Å²) in [5.74, 6) is -0.522. The van der Waals surface area contributed by atoms with Gasteiger partial charge in [0.25, 0.3) is 5.91 Å². The smallest absolute Gasteiger partial charge is 0.267 e. The van der Waals surface area contributed by atoms with Crippen LogP contribution in [0.25, 0.3) is 16.5 Å². The molecule has 0 fully saturated rings. The molecule has 0 aliphatic rings. The zero-order valence-electron chi connectivity index (χ0n) is 15.7. The Labute approximate surface area is 159 Å². The lowest BCUT2D eigenvalue weighted by atomic mass is 10.0. The SMILES string of the molecule is C/C(=C\C(=O)NO)c1ccc(CNCCc2c(C)[nH]c3ccccc23)cc1. The van der Waals surface area contributed by atoms with Crippen molar-refractivity contribution < 1.29 is 10.0 Å². The van der Waals surface area contributed by atoms with Gasteiger partial charge in [-0.25, -0.2) is 5.48 Å². The fraction of sp³-hybridized carbons (Fsp3) is 0.227. The van der Waals surface area contributed by atoms with Crippen LogP contribution in [-0.2, 0) is 17.8 Å². The average Bonchev–Trinajstić information content (AvgIpc) is 3.00. The number of fused-ring (bicyclic) bond motifs is 1. The maximum absolute atomic E-state index is 11.2. The minimum atomic E-state index is -0.522. The number of aromatic amines is 1. The van der Waals surface area contributed by atoms with Crippen LogP contribution in [0, 0.1) is 6.92 Å². The van der Waals surface area contributed by atoms with Crippen LogP contribution >= 0.6 is 0 Å². The molecule has 0 radical (unpaired) electrons. The molecule has 2 aromatic carbocycles. The first-order valence-corrected chi connectivity index (χ1v) is 9.07. The summed E-state index contributed by atoms with van der Waals surface area (Å²) in [4.78, 5) is 14.6. The second-order valence-corrected chi connectivity index (χ2v) is 6.70. The fourth-order valence-electron chi connectivity index (χ4n) is 3.30. The molecule has 0 saturated carbocycles. The molecule has 5 nitrogen and oxygen atoms in total. The third-order valence-corrected chi connectivity index (χ3v) is 4.77. The Hall–Kier alpha value is -2.89. The van der Waals surface area contributed by atoms with Crippen LogP contribution < -0.4 is 10.8 Å². The number of H-pyrrole nitrogens is 1. The Morgan fingerprint density at radius 3 is 2.63 bits per heavy atom. The second kappa shape index (κ2) is 8.66. The van der Waals surface area contributed by atoms with Crippen molar-refractivity contribution >= 4 is 22.4 Å². The predicted octanol–water partition coefficient (Wildman–Crippen LogP) is 3.72. The van der Waals surface area contributed by atoms with Gasteiger partial charge < -0.3 is 10.3 Å². The summed E-state index contributed by atoms with van der Waals surface area (Å²) in [6, 6.07) is 16.5. The third-order valence-electron chi connectivity index (χ3n) is 4.77. The number of amides is 1. The highest BCUT2D eigenvalue weighted by molar-refractivity contribution is 5.94. The highest BCUT2D eigenvalue weighted by atomic mass is 16.5. The molecule has 1 aromatic heterocycles. The molecule has 140 valence electrons. The molecular formula is C22H25N3O2. The monoisotopic (exact) mass is 363 g/mol. The Morgan fingerprint density at radius 1 is 1.15 bits per heavy atom. The summed E-state index contributed by atoms with van der Waals surface area (Å²) >= 11 is 0. The fourth-order valence-corrected chi connectivity index (χ4v) is 3.30. The van der Waals surface area contributed by atoms with Crippen molar-refractivity contribution in [3.63, 3.8) is 0 Å². The van der Waals surface area contributed by atoms with Gasteiger partial charge in [0.15, 0.2) is 0 Å². The molecule has 0 unspecified atom stereocenters. The lowest BCUT2D eigenvalue weighted by Crippen LogP contribution is -2.17. The van der Waals surface area contributed by atoms with E-state index in [4.69, 9.17) is 5.21 Å². The number of rotatable bonds is 7. The van der Waals surface area contributed by atoms with Crippen LogP contribution in [-0.4, -0.2) is 22.6 Å². The first kappa shape index (κ1) is 18.9. The maximum Gasteiger partial charge on any atom is 0.267 e. The minimum absolute atomic E-state index is 0.522. The quantitative estimate of drug-likeness (QED) is 0.224. The van der Waals surface area contributed by atoms with Gasteiger partial charge in [0.1, 0.15) is 0 Å². The van der Waals surface area contributed by atoms with E-state index in [1.807, 2.05) is 31.2 Å². The summed E-state index contributed by atoms with van der Waals surface area (Å²) in [5, 5.41) is 13.4. The first-order valence-electron chi connectivity index (χ1n) is 9.07. The molecule has 1 amide bonds. The zero-order chi connectivity index (χ0) is 19.2. The van der Waals surface area contributed by atoms with Gasteiger partial charge in [0, 0.05) is 29.2 Å². The normalized spacial score (nSPS) is 11.7. The van der Waals surface area contributed by atoms with Crippen LogP contribution in [0.15, 0.2) is 54.6 Å². The van der Waals surface area contributed by atoms with Gasteiger partial charge in [0.05, 0.1) is 0 Å². The number of aromatic nitrogens is 1. The molecular weight excluding hydrogens is 338 g/mol. The number of benzene rings is 2. The molecule has 3 rings (SSSR count). The van der Waals surface area contributed by atoms with Gasteiger partial charge in [-0.1, -0.05) is 42.5 Å². The topological polar surface area (TPSA) is 77.2 Å². The summed E-state index contributed by atoms with van der Waals surface area (Å²) < 4.78 is 0. The Morgan fingerprint density at radius 2 is 1.89 bits per heavy atom. The Balaban J connectivity index is 1.54. The number of carbonyl (C=O) groups excluding carboxylic acids is 1. The predicted molar refractivity (Wildman–Crippen MR) is 108 cm³/mol. The molecule has 0 atom stereocenters.